The van der Waals surface area contributed by atoms with Crippen molar-refractivity contribution in [3.63, 3.8) is 0 Å². The van der Waals surface area contributed by atoms with Gasteiger partial charge in [0.1, 0.15) is 0 Å². The maximum atomic E-state index is 12.9. The van der Waals surface area contributed by atoms with Crippen LogP contribution in [0.15, 0.2) is 102 Å². The standard InChI is InChI=1S/C33H33BrN2O2/c1-36(2)19-18-33(37,22-25-14-9-13-23-10-7-8-15-28(23)25)31(24-11-5-4-6-12-24)29-21-26-20-27(34)16-17-30(26)35-32(29)38-3/h4-17,20-21,31,37H,18-19,22H2,1-3H3. The molecule has 0 radical (unpaired) electrons. The van der Waals surface area contributed by atoms with Crippen molar-refractivity contribution in [1.29, 1.82) is 0 Å². The largest absolute Gasteiger partial charge is 0.481 e. The summed E-state index contributed by atoms with van der Waals surface area (Å²) >= 11 is 3.61. The number of hydrogen-bond donors (Lipinski definition) is 1. The Bertz CT molecular complexity index is 1550. The minimum absolute atomic E-state index is 0.367. The van der Waals surface area contributed by atoms with E-state index in [0.29, 0.717) is 18.7 Å². The number of rotatable bonds is 9. The van der Waals surface area contributed by atoms with Crippen molar-refractivity contribution in [3.8, 4) is 5.88 Å². The molecule has 2 atom stereocenters. The predicted octanol–water partition coefficient (Wildman–Crippen LogP) is 7.22. The fourth-order valence-electron chi connectivity index (χ4n) is 5.47. The average Bonchev–Trinajstić information content (AvgIpc) is 2.92. The molecule has 0 bridgehead atoms. The molecule has 5 heteroatoms. The van der Waals surface area contributed by atoms with Crippen LogP contribution in [0.25, 0.3) is 21.7 Å². The van der Waals surface area contributed by atoms with Gasteiger partial charge >= 0.3 is 0 Å². The van der Waals surface area contributed by atoms with Crippen LogP contribution in [-0.4, -0.2) is 48.3 Å². The van der Waals surface area contributed by atoms with Crippen LogP contribution in [-0.2, 0) is 6.42 Å². The molecule has 2 unspecified atom stereocenters. The molecule has 4 nitrogen and oxygen atoms in total. The van der Waals surface area contributed by atoms with Crippen LogP contribution in [0.2, 0.25) is 0 Å². The quantitative estimate of drug-likeness (QED) is 0.204. The molecule has 38 heavy (non-hydrogen) atoms. The molecule has 1 heterocycles. The maximum absolute atomic E-state index is 12.9. The Balaban J connectivity index is 1.74. The van der Waals surface area contributed by atoms with Crippen molar-refractivity contribution < 1.29 is 9.84 Å². The van der Waals surface area contributed by atoms with Crippen LogP contribution < -0.4 is 4.74 Å². The third-order valence-electron chi connectivity index (χ3n) is 7.31. The molecule has 0 spiro atoms. The lowest BCUT2D eigenvalue weighted by Crippen LogP contribution is -2.42. The number of hydrogen-bond acceptors (Lipinski definition) is 4. The second-order valence-electron chi connectivity index (χ2n) is 10.2. The first-order valence-corrected chi connectivity index (χ1v) is 13.7. The van der Waals surface area contributed by atoms with Crippen LogP contribution in [0.4, 0.5) is 0 Å². The Morgan fingerprint density at radius 1 is 0.895 bits per heavy atom. The summed E-state index contributed by atoms with van der Waals surface area (Å²) in [5.41, 5.74) is 2.77. The van der Waals surface area contributed by atoms with Crippen molar-refractivity contribution >= 4 is 37.6 Å². The van der Waals surface area contributed by atoms with E-state index in [1.165, 1.54) is 5.39 Å². The SMILES string of the molecule is COc1nc2ccc(Br)cc2cc1C(c1ccccc1)C(O)(CCN(C)C)Cc1cccc2ccccc12. The number of aromatic nitrogens is 1. The van der Waals surface area contributed by atoms with E-state index >= 15 is 0 Å². The first-order valence-electron chi connectivity index (χ1n) is 12.9. The second-order valence-corrected chi connectivity index (χ2v) is 11.2. The van der Waals surface area contributed by atoms with Crippen LogP contribution in [0.3, 0.4) is 0 Å². The van der Waals surface area contributed by atoms with E-state index in [1.54, 1.807) is 7.11 Å². The smallest absolute Gasteiger partial charge is 0.217 e. The van der Waals surface area contributed by atoms with Gasteiger partial charge in [0.15, 0.2) is 0 Å². The molecule has 1 N–H and O–H groups in total. The summed E-state index contributed by atoms with van der Waals surface area (Å²) in [7, 11) is 5.75. The van der Waals surface area contributed by atoms with Crippen molar-refractivity contribution in [3.05, 3.63) is 118 Å². The Morgan fingerprint density at radius 2 is 1.63 bits per heavy atom. The molecular formula is C33H33BrN2O2. The van der Waals surface area contributed by atoms with Crippen molar-refractivity contribution in [2.75, 3.05) is 27.7 Å². The molecule has 0 saturated heterocycles. The summed E-state index contributed by atoms with van der Waals surface area (Å²) in [6, 6.07) is 33.2. The highest BCUT2D eigenvalue weighted by Crippen LogP contribution is 2.44. The summed E-state index contributed by atoms with van der Waals surface area (Å²) in [5.74, 6) is 0.170. The van der Waals surface area contributed by atoms with E-state index in [9.17, 15) is 5.11 Å². The van der Waals surface area contributed by atoms with Crippen LogP contribution in [0.5, 0.6) is 5.88 Å². The molecular weight excluding hydrogens is 536 g/mol. The maximum Gasteiger partial charge on any atom is 0.217 e. The number of halogens is 1. The van der Waals surface area contributed by atoms with Gasteiger partial charge < -0.3 is 14.7 Å². The number of benzene rings is 4. The van der Waals surface area contributed by atoms with Crippen LogP contribution in [0.1, 0.15) is 29.0 Å². The zero-order valence-corrected chi connectivity index (χ0v) is 23.7. The highest BCUT2D eigenvalue weighted by molar-refractivity contribution is 9.10. The monoisotopic (exact) mass is 568 g/mol. The van der Waals surface area contributed by atoms with Crippen LogP contribution >= 0.6 is 15.9 Å². The van der Waals surface area contributed by atoms with Gasteiger partial charge in [0.25, 0.3) is 0 Å². The van der Waals surface area contributed by atoms with E-state index in [2.05, 4.69) is 87.6 Å². The highest BCUT2D eigenvalue weighted by Gasteiger charge is 2.41. The van der Waals surface area contributed by atoms with Gasteiger partial charge in [-0.1, -0.05) is 88.7 Å². The molecule has 0 fully saturated rings. The zero-order valence-electron chi connectivity index (χ0n) is 22.1. The van der Waals surface area contributed by atoms with Gasteiger partial charge in [-0.25, -0.2) is 4.98 Å². The van der Waals surface area contributed by atoms with Gasteiger partial charge in [-0.3, -0.25) is 0 Å². The molecule has 5 aromatic rings. The van der Waals surface area contributed by atoms with Gasteiger partial charge in [0.2, 0.25) is 5.88 Å². The first kappa shape index (κ1) is 26.4. The molecule has 194 valence electrons. The average molecular weight is 570 g/mol. The van der Waals surface area contributed by atoms with Crippen molar-refractivity contribution in [1.82, 2.24) is 9.88 Å². The number of nitrogens with zero attached hydrogens (tertiary/aromatic N) is 2. The molecule has 4 aromatic carbocycles. The highest BCUT2D eigenvalue weighted by atomic mass is 79.9. The van der Waals surface area contributed by atoms with Gasteiger partial charge in [-0.15, -0.1) is 0 Å². The Labute approximate surface area is 233 Å². The van der Waals surface area contributed by atoms with Crippen LogP contribution in [0, 0.1) is 0 Å². The summed E-state index contributed by atoms with van der Waals surface area (Å²) in [5, 5.41) is 16.2. The van der Waals surface area contributed by atoms with E-state index in [0.717, 1.165) is 44.0 Å². The minimum atomic E-state index is -1.12. The Kier molecular flexibility index (Phi) is 7.80. The molecule has 5 rings (SSSR count). The van der Waals surface area contributed by atoms with Gasteiger partial charge in [-0.05, 0) is 66.7 Å². The summed E-state index contributed by atoms with van der Waals surface area (Å²) in [6.07, 6.45) is 1.06. The molecule has 0 aliphatic heterocycles. The van der Waals surface area contributed by atoms with E-state index in [-0.39, 0.29) is 5.92 Å². The lowest BCUT2D eigenvalue weighted by atomic mass is 9.72. The van der Waals surface area contributed by atoms with Crippen molar-refractivity contribution in [2.45, 2.75) is 24.4 Å². The number of methoxy groups -OCH3 is 1. The Morgan fingerprint density at radius 3 is 2.39 bits per heavy atom. The van der Waals surface area contributed by atoms with E-state index in [4.69, 9.17) is 9.72 Å². The lowest BCUT2D eigenvalue weighted by Gasteiger charge is -2.39. The fraction of sp³-hybridized carbons (Fsp3) is 0.242. The van der Waals surface area contributed by atoms with Gasteiger partial charge in [-0.2, -0.15) is 0 Å². The van der Waals surface area contributed by atoms with Gasteiger partial charge in [0.05, 0.1) is 18.2 Å². The number of pyridine rings is 1. The van der Waals surface area contributed by atoms with Gasteiger partial charge in [0, 0.05) is 34.3 Å². The van der Waals surface area contributed by atoms with E-state index in [1.807, 2.05) is 44.4 Å². The lowest BCUT2D eigenvalue weighted by molar-refractivity contribution is 0.00905. The van der Waals surface area contributed by atoms with E-state index < -0.39 is 5.60 Å². The number of fused-ring (bicyclic) bond motifs is 2. The minimum Gasteiger partial charge on any atom is -0.481 e. The Hall–Kier alpha value is -3.25. The number of ether oxygens (including phenoxy) is 1. The third kappa shape index (κ3) is 5.46. The predicted molar refractivity (Wildman–Crippen MR) is 160 cm³/mol. The summed E-state index contributed by atoms with van der Waals surface area (Å²) in [6.45, 7) is 0.736. The second kappa shape index (κ2) is 11.2. The zero-order chi connectivity index (χ0) is 26.7. The molecule has 1 aromatic heterocycles. The van der Waals surface area contributed by atoms with Crippen molar-refractivity contribution in [2.24, 2.45) is 0 Å². The molecule has 0 amide bonds. The normalized spacial score (nSPS) is 14.1. The molecule has 0 aliphatic carbocycles. The number of aliphatic hydroxyl groups is 1. The topological polar surface area (TPSA) is 45.6 Å². The first-order chi connectivity index (χ1) is 18.4. The molecule has 0 aliphatic rings. The fourth-order valence-corrected chi connectivity index (χ4v) is 5.85. The molecule has 0 saturated carbocycles. The summed E-state index contributed by atoms with van der Waals surface area (Å²) < 4.78 is 6.87. The third-order valence-corrected chi connectivity index (χ3v) is 7.81. The summed E-state index contributed by atoms with van der Waals surface area (Å²) in [4.78, 5) is 7.01.